The zero-order valence-corrected chi connectivity index (χ0v) is 11.3. The minimum absolute atomic E-state index is 0.0597. The van der Waals surface area contributed by atoms with Gasteiger partial charge in [-0.05, 0) is 24.1 Å². The number of rotatable bonds is 3. The molecule has 2 nitrogen and oxygen atoms in total. The lowest BCUT2D eigenvalue weighted by molar-refractivity contribution is -0.137. The Morgan fingerprint density at radius 2 is 2.00 bits per heavy atom. The topological polar surface area (TPSA) is 20.3 Å². The Morgan fingerprint density at radius 3 is 2.63 bits per heavy atom. The van der Waals surface area contributed by atoms with Crippen molar-refractivity contribution in [3.63, 3.8) is 0 Å². The molecule has 0 spiro atoms. The van der Waals surface area contributed by atoms with Gasteiger partial charge in [0.15, 0.2) is 0 Å². The van der Waals surface area contributed by atoms with E-state index in [2.05, 4.69) is 0 Å². The van der Waals surface area contributed by atoms with Gasteiger partial charge in [-0.3, -0.25) is 4.79 Å². The van der Waals surface area contributed by atoms with Gasteiger partial charge in [-0.2, -0.15) is 0 Å². The summed E-state index contributed by atoms with van der Waals surface area (Å²) in [5.74, 6) is -2.67. The number of halogens is 3. The molecule has 5 heteroatoms. The second kappa shape index (κ2) is 5.87. The zero-order valence-electron chi connectivity index (χ0n) is 10.5. The first-order valence-corrected chi connectivity index (χ1v) is 6.74. The van der Waals surface area contributed by atoms with Crippen LogP contribution in [0.25, 0.3) is 0 Å². The van der Waals surface area contributed by atoms with Crippen LogP contribution >= 0.6 is 11.6 Å². The Kier molecular flexibility index (Phi) is 4.40. The largest absolute Gasteiger partial charge is 0.342 e. The fourth-order valence-electron chi connectivity index (χ4n) is 2.19. The van der Waals surface area contributed by atoms with E-state index in [-0.39, 0.29) is 31.8 Å². The quantitative estimate of drug-likeness (QED) is 0.833. The lowest BCUT2D eigenvalue weighted by Crippen LogP contribution is -2.42. The molecule has 1 aliphatic rings. The Balaban J connectivity index is 1.82. The van der Waals surface area contributed by atoms with Gasteiger partial charge < -0.3 is 4.90 Å². The lowest BCUT2D eigenvalue weighted by Gasteiger charge is -2.31. The maximum Gasteiger partial charge on any atom is 0.251 e. The molecule has 1 heterocycles. The van der Waals surface area contributed by atoms with E-state index in [4.69, 9.17) is 11.6 Å². The molecule has 1 saturated heterocycles. The number of aryl methyl sites for hydroxylation is 1. The van der Waals surface area contributed by atoms with Gasteiger partial charge in [-0.15, -0.1) is 0 Å². The van der Waals surface area contributed by atoms with Crippen molar-refractivity contribution in [1.82, 2.24) is 4.90 Å². The number of hydrogen-bond donors (Lipinski definition) is 0. The Hall–Kier alpha value is -1.16. The van der Waals surface area contributed by atoms with E-state index in [0.717, 1.165) is 5.56 Å². The Morgan fingerprint density at radius 1 is 1.32 bits per heavy atom. The molecule has 0 N–H and O–H groups in total. The van der Waals surface area contributed by atoms with Gasteiger partial charge >= 0.3 is 0 Å². The fourth-order valence-corrected chi connectivity index (χ4v) is 2.40. The van der Waals surface area contributed by atoms with E-state index >= 15 is 0 Å². The molecular formula is C14H16ClF2NO. The molecule has 1 amide bonds. The molecule has 1 aliphatic heterocycles. The number of carbonyl (C=O) groups is 1. The van der Waals surface area contributed by atoms with Gasteiger partial charge in [0.1, 0.15) is 0 Å². The Bertz CT molecular complexity index is 455. The number of likely N-dealkylation sites (tertiary alicyclic amines) is 1. The van der Waals surface area contributed by atoms with Crippen LogP contribution in [0.3, 0.4) is 0 Å². The third-order valence-electron chi connectivity index (χ3n) is 3.36. The molecule has 0 aliphatic carbocycles. The van der Waals surface area contributed by atoms with Crippen molar-refractivity contribution < 1.29 is 13.6 Å². The number of alkyl halides is 2. The molecule has 2 rings (SSSR count). The maximum atomic E-state index is 13.0. The van der Waals surface area contributed by atoms with Crippen molar-refractivity contribution in [2.75, 3.05) is 13.1 Å². The molecule has 1 aromatic rings. The predicted octanol–water partition coefficient (Wildman–Crippen LogP) is 3.53. The summed E-state index contributed by atoms with van der Waals surface area (Å²) in [6, 6.07) is 7.34. The third-order valence-corrected chi connectivity index (χ3v) is 3.60. The predicted molar refractivity (Wildman–Crippen MR) is 70.5 cm³/mol. The van der Waals surface area contributed by atoms with Crippen LogP contribution in [0.1, 0.15) is 24.8 Å². The molecule has 1 aromatic carbocycles. The van der Waals surface area contributed by atoms with E-state index in [1.54, 1.807) is 6.07 Å². The van der Waals surface area contributed by atoms with Crippen LogP contribution in [-0.4, -0.2) is 29.8 Å². The second-order valence-electron chi connectivity index (χ2n) is 4.87. The van der Waals surface area contributed by atoms with Crippen molar-refractivity contribution in [2.24, 2.45) is 0 Å². The smallest absolute Gasteiger partial charge is 0.251 e. The average Bonchev–Trinajstić information content (AvgIpc) is 2.36. The highest BCUT2D eigenvalue weighted by molar-refractivity contribution is 6.30. The van der Waals surface area contributed by atoms with Crippen molar-refractivity contribution in [2.45, 2.75) is 31.6 Å². The number of amides is 1. The van der Waals surface area contributed by atoms with Crippen LogP contribution < -0.4 is 0 Å². The summed E-state index contributed by atoms with van der Waals surface area (Å²) in [6.07, 6.45) is 0.476. The number of benzene rings is 1. The molecule has 0 unspecified atom stereocenters. The fraction of sp³-hybridized carbons (Fsp3) is 0.500. The summed E-state index contributed by atoms with van der Waals surface area (Å²) >= 11 is 5.86. The van der Waals surface area contributed by atoms with Gasteiger partial charge in [-0.25, -0.2) is 8.78 Å². The van der Waals surface area contributed by atoms with Crippen LogP contribution in [0.15, 0.2) is 24.3 Å². The molecule has 0 saturated carbocycles. The standard InChI is InChI=1S/C14H16ClF2NO/c15-12-3-1-2-11(10-12)4-5-13(19)18-8-6-14(16,17)7-9-18/h1-3,10H,4-9H2. The maximum absolute atomic E-state index is 13.0. The molecule has 0 bridgehead atoms. The van der Waals surface area contributed by atoms with E-state index in [0.29, 0.717) is 17.9 Å². The number of carbonyl (C=O) groups excluding carboxylic acids is 1. The highest BCUT2D eigenvalue weighted by atomic mass is 35.5. The minimum Gasteiger partial charge on any atom is -0.342 e. The summed E-state index contributed by atoms with van der Waals surface area (Å²) in [5.41, 5.74) is 0.989. The summed E-state index contributed by atoms with van der Waals surface area (Å²) in [5, 5.41) is 0.641. The van der Waals surface area contributed by atoms with Gasteiger partial charge in [-0.1, -0.05) is 23.7 Å². The number of piperidine rings is 1. The molecule has 1 fully saturated rings. The normalized spacial score (nSPS) is 18.4. The van der Waals surface area contributed by atoms with Crippen LogP contribution in [0.5, 0.6) is 0 Å². The second-order valence-corrected chi connectivity index (χ2v) is 5.30. The molecule has 0 atom stereocenters. The number of nitrogens with zero attached hydrogens (tertiary/aromatic N) is 1. The van der Waals surface area contributed by atoms with Crippen molar-refractivity contribution in [3.05, 3.63) is 34.9 Å². The molecule has 0 radical (unpaired) electrons. The van der Waals surface area contributed by atoms with Crippen LogP contribution in [0.2, 0.25) is 5.02 Å². The van der Waals surface area contributed by atoms with Crippen molar-refractivity contribution >= 4 is 17.5 Å². The lowest BCUT2D eigenvalue weighted by atomic mass is 10.1. The SMILES string of the molecule is O=C(CCc1cccc(Cl)c1)N1CCC(F)(F)CC1. The minimum atomic E-state index is -2.61. The van der Waals surface area contributed by atoms with Crippen LogP contribution in [0.4, 0.5) is 8.78 Å². The van der Waals surface area contributed by atoms with Crippen molar-refractivity contribution in [3.8, 4) is 0 Å². The zero-order chi connectivity index (χ0) is 13.9. The highest BCUT2D eigenvalue weighted by Crippen LogP contribution is 2.28. The van der Waals surface area contributed by atoms with E-state index in [1.807, 2.05) is 18.2 Å². The first-order chi connectivity index (χ1) is 8.96. The third kappa shape index (κ3) is 4.16. The molecular weight excluding hydrogens is 272 g/mol. The monoisotopic (exact) mass is 287 g/mol. The summed E-state index contributed by atoms with van der Waals surface area (Å²) < 4.78 is 26.0. The van der Waals surface area contributed by atoms with Gasteiger partial charge in [0, 0.05) is 37.4 Å². The first-order valence-electron chi connectivity index (χ1n) is 6.36. The summed E-state index contributed by atoms with van der Waals surface area (Å²) in [6.45, 7) is 0.308. The van der Waals surface area contributed by atoms with E-state index in [1.165, 1.54) is 4.90 Å². The van der Waals surface area contributed by atoms with Crippen molar-refractivity contribution in [1.29, 1.82) is 0 Å². The van der Waals surface area contributed by atoms with Gasteiger partial charge in [0.2, 0.25) is 5.91 Å². The average molecular weight is 288 g/mol. The van der Waals surface area contributed by atoms with E-state index in [9.17, 15) is 13.6 Å². The first kappa shape index (κ1) is 14.3. The van der Waals surface area contributed by atoms with Crippen LogP contribution in [-0.2, 0) is 11.2 Å². The Labute approximate surface area is 116 Å². The molecule has 104 valence electrons. The van der Waals surface area contributed by atoms with Gasteiger partial charge in [0.05, 0.1) is 0 Å². The number of hydrogen-bond acceptors (Lipinski definition) is 1. The van der Waals surface area contributed by atoms with Crippen LogP contribution in [0, 0.1) is 0 Å². The molecule has 19 heavy (non-hydrogen) atoms. The summed E-state index contributed by atoms with van der Waals surface area (Å²) in [4.78, 5) is 13.4. The van der Waals surface area contributed by atoms with Gasteiger partial charge in [0.25, 0.3) is 5.92 Å². The molecule has 0 aromatic heterocycles. The van der Waals surface area contributed by atoms with E-state index < -0.39 is 5.92 Å². The highest BCUT2D eigenvalue weighted by Gasteiger charge is 2.35. The summed E-state index contributed by atoms with van der Waals surface area (Å²) in [7, 11) is 0.